The fourth-order valence-corrected chi connectivity index (χ4v) is 3.75. The van der Waals surface area contributed by atoms with E-state index in [2.05, 4.69) is 11.9 Å². The summed E-state index contributed by atoms with van der Waals surface area (Å²) in [5.41, 5.74) is 2.54. The first-order valence-corrected chi connectivity index (χ1v) is 11.3. The number of hydrogen-bond acceptors (Lipinski definition) is 5. The Labute approximate surface area is 191 Å². The summed E-state index contributed by atoms with van der Waals surface area (Å²) < 4.78 is 5.57. The van der Waals surface area contributed by atoms with Crippen LogP contribution in [0.25, 0.3) is 0 Å². The highest BCUT2D eigenvalue weighted by Gasteiger charge is 2.35. The van der Waals surface area contributed by atoms with Crippen LogP contribution in [0.2, 0.25) is 0 Å². The number of carbonyl (C=O) groups is 3. The zero-order valence-electron chi connectivity index (χ0n) is 19.7. The maximum Gasteiger partial charge on any atom is 0.329 e. The van der Waals surface area contributed by atoms with Gasteiger partial charge >= 0.3 is 5.97 Å². The second-order valence-electron chi connectivity index (χ2n) is 8.63. The molecular weight excluding hydrogens is 408 g/mol. The van der Waals surface area contributed by atoms with Crippen molar-refractivity contribution in [2.75, 3.05) is 0 Å². The van der Waals surface area contributed by atoms with Gasteiger partial charge in [-0.3, -0.25) is 14.8 Å². The Bertz CT molecular complexity index is 735. The Kier molecular flexibility index (Phi) is 12.3. The predicted octanol–water partition coefficient (Wildman–Crippen LogP) is 3.81. The molecule has 0 radical (unpaired) electrons. The molecule has 1 unspecified atom stereocenters. The van der Waals surface area contributed by atoms with Crippen LogP contribution >= 0.6 is 0 Å². The van der Waals surface area contributed by atoms with Crippen LogP contribution in [0.3, 0.4) is 0 Å². The number of allylic oxidation sites excluding steroid dienone is 1. The van der Waals surface area contributed by atoms with Crippen molar-refractivity contribution in [1.29, 1.82) is 0 Å². The minimum absolute atomic E-state index is 0.119. The molecule has 7 nitrogen and oxygen atoms in total. The molecule has 4 atom stereocenters. The maximum atomic E-state index is 13.3. The monoisotopic (exact) mass is 446 g/mol. The van der Waals surface area contributed by atoms with Gasteiger partial charge in [0.25, 0.3) is 0 Å². The van der Waals surface area contributed by atoms with E-state index in [1.54, 1.807) is 11.6 Å². The number of nitrogens with one attached hydrogen (secondary N) is 2. The van der Waals surface area contributed by atoms with Gasteiger partial charge in [0, 0.05) is 6.42 Å². The van der Waals surface area contributed by atoms with Crippen LogP contribution in [-0.2, 0) is 25.5 Å². The van der Waals surface area contributed by atoms with E-state index in [0.717, 1.165) is 18.4 Å². The molecule has 0 spiro atoms. The van der Waals surface area contributed by atoms with Crippen LogP contribution in [0.15, 0.2) is 43.0 Å². The summed E-state index contributed by atoms with van der Waals surface area (Å²) in [4.78, 5) is 38.5. The first-order chi connectivity index (χ1) is 15.2. The first kappa shape index (κ1) is 27.4. The molecule has 0 bridgehead atoms. The number of benzene rings is 1. The molecular formula is C25H38N2O5. The van der Waals surface area contributed by atoms with Gasteiger partial charge in [0.1, 0.15) is 6.04 Å². The van der Waals surface area contributed by atoms with E-state index in [4.69, 9.17) is 4.74 Å². The van der Waals surface area contributed by atoms with E-state index in [-0.39, 0.29) is 24.9 Å². The zero-order valence-corrected chi connectivity index (χ0v) is 19.7. The van der Waals surface area contributed by atoms with Crippen LogP contribution in [0, 0.1) is 17.8 Å². The molecule has 1 aromatic carbocycles. The lowest BCUT2D eigenvalue weighted by Crippen LogP contribution is -2.49. The summed E-state index contributed by atoms with van der Waals surface area (Å²) in [6, 6.07) is 8.49. The summed E-state index contributed by atoms with van der Waals surface area (Å²) in [6.45, 7) is 11.4. The fourth-order valence-electron chi connectivity index (χ4n) is 3.75. The molecule has 0 saturated heterocycles. The van der Waals surface area contributed by atoms with E-state index < -0.39 is 35.7 Å². The van der Waals surface area contributed by atoms with E-state index in [1.165, 1.54) is 0 Å². The van der Waals surface area contributed by atoms with E-state index in [9.17, 15) is 19.6 Å². The largest absolute Gasteiger partial charge is 0.461 e. The average Bonchev–Trinajstić information content (AvgIpc) is 2.75. The van der Waals surface area contributed by atoms with Gasteiger partial charge < -0.3 is 10.1 Å². The minimum Gasteiger partial charge on any atom is -0.461 e. The van der Waals surface area contributed by atoms with Crippen molar-refractivity contribution in [1.82, 2.24) is 10.8 Å². The summed E-state index contributed by atoms with van der Waals surface area (Å²) in [5.74, 6) is -2.99. The molecule has 1 rings (SSSR count). The highest BCUT2D eigenvalue weighted by molar-refractivity contribution is 5.90. The van der Waals surface area contributed by atoms with Crippen molar-refractivity contribution < 1.29 is 24.3 Å². The smallest absolute Gasteiger partial charge is 0.329 e. The number of amides is 2. The fraction of sp³-hybridized carbons (Fsp3) is 0.560. The zero-order chi connectivity index (χ0) is 24.1. The summed E-state index contributed by atoms with van der Waals surface area (Å²) in [6.07, 6.45) is 3.80. The van der Waals surface area contributed by atoms with Gasteiger partial charge in [0.05, 0.1) is 17.9 Å². The van der Waals surface area contributed by atoms with Gasteiger partial charge in [-0.2, -0.15) is 0 Å². The van der Waals surface area contributed by atoms with E-state index >= 15 is 0 Å². The van der Waals surface area contributed by atoms with Crippen LogP contribution in [0.4, 0.5) is 0 Å². The Morgan fingerprint density at radius 3 is 2.28 bits per heavy atom. The lowest BCUT2D eigenvalue weighted by atomic mass is 9.82. The third kappa shape index (κ3) is 9.22. The van der Waals surface area contributed by atoms with Crippen molar-refractivity contribution >= 4 is 17.8 Å². The van der Waals surface area contributed by atoms with E-state index in [1.807, 2.05) is 58.0 Å². The maximum absolute atomic E-state index is 13.3. The van der Waals surface area contributed by atoms with Crippen molar-refractivity contribution in [2.45, 2.75) is 71.9 Å². The van der Waals surface area contributed by atoms with E-state index in [0.29, 0.717) is 6.42 Å². The van der Waals surface area contributed by atoms with Crippen molar-refractivity contribution in [3.8, 4) is 0 Å². The normalized spacial score (nSPS) is 14.7. The number of esters is 1. The SMILES string of the molecule is C=CC[C@H](C(=O)NO)[C@@H](CC(C)C)C(=O)NC(Cc1ccccc1)C(=O)O[C@H](C)CCC. The minimum atomic E-state index is -0.888. The number of hydrogen-bond donors (Lipinski definition) is 3. The lowest BCUT2D eigenvalue weighted by molar-refractivity contribution is -0.153. The predicted molar refractivity (Wildman–Crippen MR) is 124 cm³/mol. The van der Waals surface area contributed by atoms with Gasteiger partial charge in [0.15, 0.2) is 0 Å². The number of ether oxygens (including phenoxy) is 1. The Morgan fingerprint density at radius 2 is 1.75 bits per heavy atom. The lowest BCUT2D eigenvalue weighted by Gasteiger charge is -2.28. The Hall–Kier alpha value is -2.67. The molecule has 0 heterocycles. The van der Waals surface area contributed by atoms with Crippen LogP contribution < -0.4 is 10.8 Å². The number of rotatable bonds is 14. The summed E-state index contributed by atoms with van der Waals surface area (Å²) >= 11 is 0. The van der Waals surface area contributed by atoms with Gasteiger partial charge in [-0.15, -0.1) is 6.58 Å². The molecule has 178 valence electrons. The summed E-state index contributed by atoms with van der Waals surface area (Å²) in [5, 5.41) is 12.0. The standard InChI is InChI=1S/C25H38N2O5/c1-6-11-18(5)32-25(30)22(16-19-13-9-8-10-14-19)26-23(28)21(15-17(3)4)20(12-7-2)24(29)27-31/h7-10,13-14,17-18,20-22,31H,2,6,11-12,15-16H2,1,3-5H3,(H,26,28)(H,27,29)/t18-,20+,21-,22?/m1/s1. The molecule has 0 fully saturated rings. The van der Waals surface area contributed by atoms with Gasteiger partial charge in [0.2, 0.25) is 11.8 Å². The Balaban J connectivity index is 3.15. The molecule has 0 aromatic heterocycles. The van der Waals surface area contributed by atoms with Crippen LogP contribution in [-0.4, -0.2) is 35.1 Å². The van der Waals surface area contributed by atoms with Crippen LogP contribution in [0.5, 0.6) is 0 Å². The second-order valence-corrected chi connectivity index (χ2v) is 8.63. The number of carbonyl (C=O) groups excluding carboxylic acids is 3. The van der Waals surface area contributed by atoms with Crippen LogP contribution in [0.1, 0.15) is 58.9 Å². The van der Waals surface area contributed by atoms with Gasteiger partial charge in [-0.05, 0) is 37.7 Å². The molecule has 0 aliphatic rings. The number of hydroxylamine groups is 1. The third-order valence-corrected chi connectivity index (χ3v) is 5.31. The molecule has 32 heavy (non-hydrogen) atoms. The molecule has 3 N–H and O–H groups in total. The topological polar surface area (TPSA) is 105 Å². The second kappa shape index (κ2) is 14.4. The highest BCUT2D eigenvalue weighted by atomic mass is 16.5. The molecule has 1 aromatic rings. The first-order valence-electron chi connectivity index (χ1n) is 11.3. The third-order valence-electron chi connectivity index (χ3n) is 5.31. The Morgan fingerprint density at radius 1 is 1.09 bits per heavy atom. The molecule has 0 aliphatic heterocycles. The quantitative estimate of drug-likeness (QED) is 0.174. The molecule has 0 aliphatic carbocycles. The molecule has 2 amide bonds. The highest BCUT2D eigenvalue weighted by Crippen LogP contribution is 2.25. The van der Waals surface area contributed by atoms with Gasteiger partial charge in [-0.25, -0.2) is 10.3 Å². The average molecular weight is 447 g/mol. The molecule has 0 saturated carbocycles. The molecule has 7 heteroatoms. The summed E-state index contributed by atoms with van der Waals surface area (Å²) in [7, 11) is 0. The van der Waals surface area contributed by atoms with Gasteiger partial charge in [-0.1, -0.05) is 63.6 Å². The van der Waals surface area contributed by atoms with Crippen molar-refractivity contribution in [2.24, 2.45) is 17.8 Å². The van der Waals surface area contributed by atoms with Crippen molar-refractivity contribution in [3.05, 3.63) is 48.6 Å². The van der Waals surface area contributed by atoms with Crippen molar-refractivity contribution in [3.63, 3.8) is 0 Å².